The number of nitrogens with one attached hydrogen (secondary N) is 1. The number of anilines is 1. The molecule has 1 aromatic heterocycles. The second-order valence-electron chi connectivity index (χ2n) is 5.52. The van der Waals surface area contributed by atoms with E-state index >= 15 is 0 Å². The lowest BCUT2D eigenvalue weighted by atomic mass is 10.1. The molecule has 2 aromatic rings. The van der Waals surface area contributed by atoms with Crippen LogP contribution in [0.5, 0.6) is 0 Å². The number of amides is 1. The topological polar surface area (TPSA) is 45.2 Å². The van der Waals surface area contributed by atoms with Gasteiger partial charge in [0.25, 0.3) is 5.91 Å². The Morgan fingerprint density at radius 2 is 1.95 bits per heavy atom. The van der Waals surface area contributed by atoms with Crippen LogP contribution in [0.3, 0.4) is 0 Å². The van der Waals surface area contributed by atoms with Gasteiger partial charge in [-0.3, -0.25) is 9.78 Å². The first-order valence-corrected chi connectivity index (χ1v) is 7.79. The normalized spacial score (nSPS) is 17.5. The lowest BCUT2D eigenvalue weighted by molar-refractivity contribution is 0.0948. The maximum absolute atomic E-state index is 12.0. The largest absolute Gasteiger partial charge is 0.371 e. The summed E-state index contributed by atoms with van der Waals surface area (Å²) in [5.74, 6) is 0.439. The molecule has 1 unspecified atom stereocenters. The first-order chi connectivity index (χ1) is 10.7. The predicted molar refractivity (Wildman–Crippen MR) is 88.3 cm³/mol. The van der Waals surface area contributed by atoms with Gasteiger partial charge in [-0.15, -0.1) is 0 Å². The Morgan fingerprint density at radius 3 is 2.68 bits per heavy atom. The Hall–Kier alpha value is -2.07. The molecule has 1 amide bonds. The minimum atomic E-state index is -0.0349. The Kier molecular flexibility index (Phi) is 4.59. The molecule has 1 saturated heterocycles. The molecular weight excluding hydrogens is 298 g/mol. The number of hydrogen-bond donors (Lipinski definition) is 1. The summed E-state index contributed by atoms with van der Waals surface area (Å²) in [7, 11) is 0. The van der Waals surface area contributed by atoms with E-state index in [4.69, 9.17) is 11.6 Å². The summed E-state index contributed by atoms with van der Waals surface area (Å²) in [6.45, 7) is 2.67. The van der Waals surface area contributed by atoms with Crippen molar-refractivity contribution in [2.24, 2.45) is 5.92 Å². The van der Waals surface area contributed by atoms with E-state index in [9.17, 15) is 4.79 Å². The molecule has 1 fully saturated rings. The zero-order valence-electron chi connectivity index (χ0n) is 12.2. The molecule has 0 bridgehead atoms. The van der Waals surface area contributed by atoms with Gasteiger partial charge < -0.3 is 10.2 Å². The fourth-order valence-corrected chi connectivity index (χ4v) is 2.85. The van der Waals surface area contributed by atoms with Crippen LogP contribution in [-0.2, 0) is 0 Å². The number of hydrogen-bond acceptors (Lipinski definition) is 3. The van der Waals surface area contributed by atoms with E-state index < -0.39 is 0 Å². The van der Waals surface area contributed by atoms with Crippen molar-refractivity contribution >= 4 is 23.2 Å². The van der Waals surface area contributed by atoms with Gasteiger partial charge in [0, 0.05) is 48.3 Å². The van der Waals surface area contributed by atoms with Gasteiger partial charge in [0.1, 0.15) is 0 Å². The van der Waals surface area contributed by atoms with E-state index in [0.717, 1.165) is 24.5 Å². The van der Waals surface area contributed by atoms with E-state index in [1.54, 1.807) is 24.5 Å². The van der Waals surface area contributed by atoms with Gasteiger partial charge in [0.15, 0.2) is 0 Å². The Morgan fingerprint density at radius 1 is 1.23 bits per heavy atom. The van der Waals surface area contributed by atoms with Gasteiger partial charge in [-0.2, -0.15) is 0 Å². The molecule has 4 nitrogen and oxygen atoms in total. The van der Waals surface area contributed by atoms with Crippen LogP contribution in [0.15, 0.2) is 48.8 Å². The summed E-state index contributed by atoms with van der Waals surface area (Å²) in [6.07, 6.45) is 4.35. The Labute approximate surface area is 135 Å². The van der Waals surface area contributed by atoms with Crippen LogP contribution in [0.2, 0.25) is 5.02 Å². The van der Waals surface area contributed by atoms with Crippen LogP contribution in [0, 0.1) is 5.92 Å². The zero-order chi connectivity index (χ0) is 15.4. The molecule has 1 atom stereocenters. The summed E-state index contributed by atoms with van der Waals surface area (Å²) < 4.78 is 0. The van der Waals surface area contributed by atoms with E-state index in [-0.39, 0.29) is 5.91 Å². The molecule has 0 saturated carbocycles. The molecule has 1 aliphatic heterocycles. The lowest BCUT2D eigenvalue weighted by Crippen LogP contribution is -2.31. The molecule has 5 heteroatoms. The first kappa shape index (κ1) is 14.9. The summed E-state index contributed by atoms with van der Waals surface area (Å²) in [5, 5.41) is 3.76. The number of halogens is 1. The highest BCUT2D eigenvalue weighted by Gasteiger charge is 2.23. The van der Waals surface area contributed by atoms with Crippen molar-refractivity contribution in [3.63, 3.8) is 0 Å². The predicted octanol–water partition coefficient (Wildman–Crippen LogP) is 2.99. The summed E-state index contributed by atoms with van der Waals surface area (Å²) >= 11 is 5.92. The molecule has 0 aliphatic carbocycles. The van der Waals surface area contributed by atoms with Gasteiger partial charge >= 0.3 is 0 Å². The minimum absolute atomic E-state index is 0.0349. The van der Waals surface area contributed by atoms with Gasteiger partial charge in [-0.05, 0) is 48.7 Å². The zero-order valence-corrected chi connectivity index (χ0v) is 13.0. The quantitative estimate of drug-likeness (QED) is 0.943. The lowest BCUT2D eigenvalue weighted by Gasteiger charge is -2.19. The molecule has 2 heterocycles. The van der Waals surface area contributed by atoms with Crippen LogP contribution in [-0.4, -0.2) is 30.5 Å². The molecule has 114 valence electrons. The van der Waals surface area contributed by atoms with E-state index in [1.165, 1.54) is 5.69 Å². The van der Waals surface area contributed by atoms with Crippen LogP contribution < -0.4 is 10.2 Å². The molecule has 1 aliphatic rings. The smallest absolute Gasteiger partial charge is 0.251 e. The average molecular weight is 316 g/mol. The number of rotatable bonds is 4. The Bertz CT molecular complexity index is 630. The van der Waals surface area contributed by atoms with Crippen molar-refractivity contribution in [2.75, 3.05) is 24.5 Å². The fourth-order valence-electron chi connectivity index (χ4n) is 2.73. The number of pyridine rings is 1. The highest BCUT2D eigenvalue weighted by molar-refractivity contribution is 6.30. The summed E-state index contributed by atoms with van der Waals surface area (Å²) in [4.78, 5) is 18.3. The second kappa shape index (κ2) is 6.79. The molecule has 1 aromatic carbocycles. The van der Waals surface area contributed by atoms with Crippen LogP contribution in [0.25, 0.3) is 0 Å². The number of carbonyl (C=O) groups is 1. The molecule has 0 radical (unpaired) electrons. The second-order valence-corrected chi connectivity index (χ2v) is 5.96. The van der Waals surface area contributed by atoms with Crippen molar-refractivity contribution in [3.8, 4) is 0 Å². The SMILES string of the molecule is O=C(NCC1CCN(c2ccc(Cl)cc2)C1)c1ccncc1. The van der Waals surface area contributed by atoms with Crippen molar-refractivity contribution in [1.82, 2.24) is 10.3 Å². The maximum Gasteiger partial charge on any atom is 0.251 e. The number of nitrogens with zero attached hydrogens (tertiary/aromatic N) is 2. The van der Waals surface area contributed by atoms with E-state index in [1.807, 2.05) is 24.3 Å². The van der Waals surface area contributed by atoms with Crippen LogP contribution in [0.1, 0.15) is 16.8 Å². The van der Waals surface area contributed by atoms with Crippen molar-refractivity contribution < 1.29 is 4.79 Å². The van der Waals surface area contributed by atoms with Crippen LogP contribution in [0.4, 0.5) is 5.69 Å². The number of carbonyl (C=O) groups excluding carboxylic acids is 1. The monoisotopic (exact) mass is 315 g/mol. The van der Waals surface area contributed by atoms with Gasteiger partial charge in [-0.25, -0.2) is 0 Å². The number of benzene rings is 1. The third kappa shape index (κ3) is 3.57. The third-order valence-corrected chi connectivity index (χ3v) is 4.22. The molecule has 22 heavy (non-hydrogen) atoms. The molecule has 3 rings (SSSR count). The van der Waals surface area contributed by atoms with Crippen molar-refractivity contribution in [1.29, 1.82) is 0 Å². The third-order valence-electron chi connectivity index (χ3n) is 3.97. The highest BCUT2D eigenvalue weighted by atomic mass is 35.5. The fraction of sp³-hybridized carbons (Fsp3) is 0.294. The average Bonchev–Trinajstić information content (AvgIpc) is 3.03. The van der Waals surface area contributed by atoms with Gasteiger partial charge in [-0.1, -0.05) is 11.6 Å². The van der Waals surface area contributed by atoms with Gasteiger partial charge in [0.05, 0.1) is 0 Å². The molecular formula is C17H18ClN3O. The Balaban J connectivity index is 1.51. The van der Waals surface area contributed by atoms with E-state index in [0.29, 0.717) is 18.0 Å². The van der Waals surface area contributed by atoms with Crippen molar-refractivity contribution in [2.45, 2.75) is 6.42 Å². The number of aromatic nitrogens is 1. The first-order valence-electron chi connectivity index (χ1n) is 7.41. The maximum atomic E-state index is 12.0. The molecule has 1 N–H and O–H groups in total. The highest BCUT2D eigenvalue weighted by Crippen LogP contribution is 2.24. The summed E-state index contributed by atoms with van der Waals surface area (Å²) in [6, 6.07) is 11.4. The van der Waals surface area contributed by atoms with E-state index in [2.05, 4.69) is 15.2 Å². The summed E-state index contributed by atoms with van der Waals surface area (Å²) in [5.41, 5.74) is 1.84. The van der Waals surface area contributed by atoms with Crippen LogP contribution >= 0.6 is 11.6 Å². The minimum Gasteiger partial charge on any atom is -0.371 e. The molecule has 0 spiro atoms. The van der Waals surface area contributed by atoms with Crippen molar-refractivity contribution in [3.05, 3.63) is 59.4 Å². The van der Waals surface area contributed by atoms with Gasteiger partial charge in [0.2, 0.25) is 0 Å². The standard InChI is InChI=1S/C17H18ClN3O/c18-15-1-3-16(4-2-15)21-10-7-13(12-21)11-20-17(22)14-5-8-19-9-6-14/h1-6,8-9,13H,7,10-12H2,(H,20,22).